The van der Waals surface area contributed by atoms with Crippen molar-refractivity contribution in [1.29, 1.82) is 0 Å². The Bertz CT molecular complexity index is 477. The number of nitrogens with two attached hydrogens (primary N) is 2. The Labute approximate surface area is 111 Å². The van der Waals surface area contributed by atoms with Gasteiger partial charge >= 0.3 is 0 Å². The maximum absolute atomic E-state index is 11.2. The Kier molecular flexibility index (Phi) is 3.73. The third-order valence-corrected chi connectivity index (χ3v) is 3.06. The molecule has 1 aliphatic heterocycles. The second kappa shape index (κ2) is 5.29. The van der Waals surface area contributed by atoms with Crippen LogP contribution in [0.15, 0.2) is 6.33 Å². The number of nitrogen functional groups attached to an aromatic ring is 1. The van der Waals surface area contributed by atoms with Gasteiger partial charge in [-0.2, -0.15) is 4.98 Å². The molecule has 1 fully saturated rings. The summed E-state index contributed by atoms with van der Waals surface area (Å²) in [5.41, 5.74) is 11.7. The molecule has 1 aromatic heterocycles. The maximum Gasteiger partial charge on any atom is 0.242 e. The molecule has 2 heterocycles. The summed E-state index contributed by atoms with van der Waals surface area (Å²) >= 11 is 0. The van der Waals surface area contributed by atoms with Gasteiger partial charge in [0.25, 0.3) is 0 Å². The lowest BCUT2D eigenvalue weighted by Gasteiger charge is -2.20. The lowest BCUT2D eigenvalue weighted by atomic mass is 10.1. The van der Waals surface area contributed by atoms with E-state index in [1.165, 1.54) is 6.33 Å². The third-order valence-electron chi connectivity index (χ3n) is 3.06. The van der Waals surface area contributed by atoms with Crippen molar-refractivity contribution < 1.29 is 9.53 Å². The highest BCUT2D eigenvalue weighted by atomic mass is 16.5. The van der Waals surface area contributed by atoms with Crippen molar-refractivity contribution in [3.05, 3.63) is 6.33 Å². The lowest BCUT2D eigenvalue weighted by Crippen LogP contribution is -2.28. The van der Waals surface area contributed by atoms with Gasteiger partial charge in [-0.15, -0.1) is 0 Å². The van der Waals surface area contributed by atoms with Crippen molar-refractivity contribution in [2.45, 2.75) is 26.4 Å². The summed E-state index contributed by atoms with van der Waals surface area (Å²) in [5.74, 6) is 0.550. The number of anilines is 2. The van der Waals surface area contributed by atoms with Gasteiger partial charge in [0, 0.05) is 13.1 Å². The summed E-state index contributed by atoms with van der Waals surface area (Å²) < 4.78 is 5.53. The number of hydrogen-bond donors (Lipinski definition) is 2. The summed E-state index contributed by atoms with van der Waals surface area (Å²) in [6.07, 6.45) is 2.13. The van der Waals surface area contributed by atoms with Crippen molar-refractivity contribution >= 4 is 17.4 Å². The molecule has 1 saturated heterocycles. The van der Waals surface area contributed by atoms with Crippen molar-refractivity contribution in [3.8, 4) is 5.88 Å². The van der Waals surface area contributed by atoms with Crippen LogP contribution in [0.3, 0.4) is 0 Å². The highest BCUT2D eigenvalue weighted by molar-refractivity contribution is 5.79. The SMILES string of the molecule is CC(C)Oc1ncnc(N2CCC(C(N)=O)C2)c1N. The van der Waals surface area contributed by atoms with Crippen LogP contribution >= 0.6 is 0 Å². The molecule has 0 saturated carbocycles. The fourth-order valence-corrected chi connectivity index (χ4v) is 2.12. The molecular formula is C12H19N5O2. The van der Waals surface area contributed by atoms with Gasteiger partial charge in [-0.1, -0.05) is 0 Å². The lowest BCUT2D eigenvalue weighted by molar-refractivity contribution is -0.121. The number of carbonyl (C=O) groups excluding carboxylic acids is 1. The molecule has 4 N–H and O–H groups in total. The average molecular weight is 265 g/mol. The molecule has 0 aromatic carbocycles. The largest absolute Gasteiger partial charge is 0.473 e. The Balaban J connectivity index is 2.19. The van der Waals surface area contributed by atoms with E-state index in [-0.39, 0.29) is 17.9 Å². The highest BCUT2D eigenvalue weighted by Crippen LogP contribution is 2.31. The van der Waals surface area contributed by atoms with Crippen LogP contribution in [-0.4, -0.2) is 35.1 Å². The number of nitrogens with zero attached hydrogens (tertiary/aromatic N) is 3. The number of ether oxygens (including phenoxy) is 1. The number of primary amides is 1. The molecule has 7 nitrogen and oxygen atoms in total. The molecule has 0 spiro atoms. The van der Waals surface area contributed by atoms with Gasteiger partial charge in [-0.25, -0.2) is 4.98 Å². The van der Waals surface area contributed by atoms with Crippen LogP contribution in [0.5, 0.6) is 5.88 Å². The minimum Gasteiger partial charge on any atom is -0.473 e. The van der Waals surface area contributed by atoms with Crippen LogP contribution in [0.4, 0.5) is 11.5 Å². The van der Waals surface area contributed by atoms with Crippen LogP contribution in [0.1, 0.15) is 20.3 Å². The zero-order valence-electron chi connectivity index (χ0n) is 11.2. The van der Waals surface area contributed by atoms with Crippen molar-refractivity contribution in [3.63, 3.8) is 0 Å². The minimum atomic E-state index is -0.284. The van der Waals surface area contributed by atoms with E-state index in [0.717, 1.165) is 6.42 Å². The van der Waals surface area contributed by atoms with Crippen LogP contribution in [0.25, 0.3) is 0 Å². The molecule has 1 unspecified atom stereocenters. The molecule has 1 atom stereocenters. The van der Waals surface area contributed by atoms with E-state index >= 15 is 0 Å². The van der Waals surface area contributed by atoms with Gasteiger partial charge < -0.3 is 21.1 Å². The summed E-state index contributed by atoms with van der Waals surface area (Å²) in [6, 6.07) is 0. The van der Waals surface area contributed by atoms with Gasteiger partial charge in [0.2, 0.25) is 11.8 Å². The minimum absolute atomic E-state index is 0.0120. The molecule has 1 aromatic rings. The number of rotatable bonds is 4. The molecule has 1 amide bonds. The van der Waals surface area contributed by atoms with E-state index in [1.807, 2.05) is 18.7 Å². The highest BCUT2D eigenvalue weighted by Gasteiger charge is 2.29. The average Bonchev–Trinajstić information content (AvgIpc) is 2.80. The monoisotopic (exact) mass is 265 g/mol. The van der Waals surface area contributed by atoms with Crippen LogP contribution in [-0.2, 0) is 4.79 Å². The summed E-state index contributed by atoms with van der Waals surface area (Å²) in [6.45, 7) is 5.05. The molecular weight excluding hydrogens is 246 g/mol. The van der Waals surface area contributed by atoms with Crippen molar-refractivity contribution in [2.75, 3.05) is 23.7 Å². The van der Waals surface area contributed by atoms with E-state index in [4.69, 9.17) is 16.2 Å². The third kappa shape index (κ3) is 2.86. The van der Waals surface area contributed by atoms with Crippen molar-refractivity contribution in [2.24, 2.45) is 11.7 Å². The predicted molar refractivity (Wildman–Crippen MR) is 71.7 cm³/mol. The standard InChI is InChI=1S/C12H19N5O2/c1-7(2)19-12-9(13)11(15-6-16-12)17-4-3-8(5-17)10(14)18/h6-8H,3-5,13H2,1-2H3,(H2,14,18). The fraction of sp³-hybridized carbons (Fsp3) is 0.583. The summed E-state index contributed by atoms with van der Waals surface area (Å²) in [4.78, 5) is 21.3. The first-order valence-corrected chi connectivity index (χ1v) is 6.30. The zero-order valence-corrected chi connectivity index (χ0v) is 11.2. The topological polar surface area (TPSA) is 107 Å². The zero-order chi connectivity index (χ0) is 14.0. The molecule has 7 heteroatoms. The number of hydrogen-bond acceptors (Lipinski definition) is 6. The Hall–Kier alpha value is -2.05. The Morgan fingerprint density at radius 2 is 2.26 bits per heavy atom. The van der Waals surface area contributed by atoms with Crippen LogP contribution in [0.2, 0.25) is 0 Å². The Morgan fingerprint density at radius 1 is 1.53 bits per heavy atom. The smallest absolute Gasteiger partial charge is 0.242 e. The van der Waals surface area contributed by atoms with E-state index in [9.17, 15) is 4.79 Å². The maximum atomic E-state index is 11.2. The molecule has 1 aliphatic rings. The molecule has 19 heavy (non-hydrogen) atoms. The fourth-order valence-electron chi connectivity index (χ4n) is 2.12. The first-order valence-electron chi connectivity index (χ1n) is 6.30. The van der Waals surface area contributed by atoms with E-state index < -0.39 is 0 Å². The molecule has 0 bridgehead atoms. The number of amides is 1. The van der Waals surface area contributed by atoms with E-state index in [2.05, 4.69) is 9.97 Å². The van der Waals surface area contributed by atoms with Gasteiger partial charge in [0.15, 0.2) is 5.82 Å². The summed E-state index contributed by atoms with van der Waals surface area (Å²) in [7, 11) is 0. The van der Waals surface area contributed by atoms with E-state index in [1.54, 1.807) is 0 Å². The van der Waals surface area contributed by atoms with Gasteiger partial charge in [0.1, 0.15) is 12.0 Å². The molecule has 2 rings (SSSR count). The predicted octanol–water partition coefficient (Wildman–Crippen LogP) is 0.158. The first kappa shape index (κ1) is 13.4. The van der Waals surface area contributed by atoms with Gasteiger partial charge in [-0.05, 0) is 20.3 Å². The van der Waals surface area contributed by atoms with Crippen molar-refractivity contribution in [1.82, 2.24) is 9.97 Å². The number of carbonyl (C=O) groups is 1. The molecule has 0 aliphatic carbocycles. The first-order chi connectivity index (χ1) is 8.99. The second-order valence-corrected chi connectivity index (χ2v) is 4.92. The molecule has 0 radical (unpaired) electrons. The van der Waals surface area contributed by atoms with Gasteiger partial charge in [-0.3, -0.25) is 4.79 Å². The molecule has 104 valence electrons. The second-order valence-electron chi connectivity index (χ2n) is 4.92. The van der Waals surface area contributed by atoms with Gasteiger partial charge in [0.05, 0.1) is 12.0 Å². The quantitative estimate of drug-likeness (QED) is 0.802. The van der Waals surface area contributed by atoms with Crippen LogP contribution in [0, 0.1) is 5.92 Å². The van der Waals surface area contributed by atoms with E-state index in [0.29, 0.717) is 30.5 Å². The van der Waals surface area contributed by atoms with Crippen LogP contribution < -0.4 is 21.1 Å². The number of aromatic nitrogens is 2. The summed E-state index contributed by atoms with van der Waals surface area (Å²) in [5, 5.41) is 0. The Morgan fingerprint density at radius 3 is 2.84 bits per heavy atom. The normalized spacial score (nSPS) is 18.9.